The van der Waals surface area contributed by atoms with Crippen LogP contribution >= 0.6 is 11.3 Å². The first kappa shape index (κ1) is 23.1. The van der Waals surface area contributed by atoms with Gasteiger partial charge in [0.05, 0.1) is 19.2 Å². The van der Waals surface area contributed by atoms with Gasteiger partial charge >= 0.3 is 11.9 Å². The van der Waals surface area contributed by atoms with Crippen LogP contribution in [0.3, 0.4) is 0 Å². The van der Waals surface area contributed by atoms with E-state index in [1.54, 1.807) is 37.0 Å². The first-order chi connectivity index (χ1) is 15.5. The highest BCUT2D eigenvalue weighted by atomic mass is 32.1. The van der Waals surface area contributed by atoms with Gasteiger partial charge in [-0.05, 0) is 48.7 Å². The molecule has 0 saturated heterocycles. The number of β-amino-alcohol motifs (C(OH)–C–C–N with tert-alkyl or cyclic N) is 1. The maximum absolute atomic E-state index is 13.9. The Morgan fingerprint density at radius 1 is 1.18 bits per heavy atom. The smallest absolute Gasteiger partial charge is 0.387 e. The molecule has 0 bridgehead atoms. The van der Waals surface area contributed by atoms with Crippen LogP contribution in [0.5, 0.6) is 0 Å². The van der Waals surface area contributed by atoms with Crippen molar-refractivity contribution in [2.45, 2.75) is 32.7 Å². The molecule has 0 aliphatic carbocycles. The van der Waals surface area contributed by atoms with Crippen molar-refractivity contribution in [1.29, 1.82) is 0 Å². The third-order valence-corrected chi connectivity index (χ3v) is 6.52. The van der Waals surface area contributed by atoms with Crippen molar-refractivity contribution in [2.75, 3.05) is 18.0 Å². The van der Waals surface area contributed by atoms with Gasteiger partial charge in [-0.25, -0.2) is 9.18 Å². The summed E-state index contributed by atoms with van der Waals surface area (Å²) in [5, 5.41) is 10.6. The van der Waals surface area contributed by atoms with Crippen LogP contribution in [0.1, 0.15) is 26.7 Å². The van der Waals surface area contributed by atoms with Crippen molar-refractivity contribution in [3.8, 4) is 0 Å². The molecule has 0 spiro atoms. The molecule has 0 fully saturated rings. The Bertz CT molecular complexity index is 1280. The Hall–Kier alpha value is -3.05. The molecule has 0 radical (unpaired) electrons. The Morgan fingerprint density at radius 2 is 1.94 bits per heavy atom. The number of benzene rings is 1. The van der Waals surface area contributed by atoms with Gasteiger partial charge in [0, 0.05) is 11.4 Å². The zero-order valence-corrected chi connectivity index (χ0v) is 18.5. The van der Waals surface area contributed by atoms with Crippen LogP contribution in [0.4, 0.5) is 23.5 Å². The molecular formula is C22H20F4N4O2S. The van der Waals surface area contributed by atoms with E-state index in [-0.39, 0.29) is 30.7 Å². The number of aryl methyl sites for hydroxylation is 2. The molecule has 1 unspecified atom stereocenters. The molecule has 6 nitrogen and oxygen atoms in total. The highest BCUT2D eigenvalue weighted by molar-refractivity contribution is 7.12. The molecule has 1 N–H and O–H groups in total. The van der Waals surface area contributed by atoms with E-state index in [4.69, 9.17) is 0 Å². The third-order valence-electron chi connectivity index (χ3n) is 5.41. The van der Waals surface area contributed by atoms with Crippen molar-refractivity contribution in [3.05, 3.63) is 79.4 Å². The highest BCUT2D eigenvalue weighted by Crippen LogP contribution is 2.34. The van der Waals surface area contributed by atoms with Gasteiger partial charge in [0.15, 0.2) is 0 Å². The lowest BCUT2D eigenvalue weighted by Gasteiger charge is -2.30. The fourth-order valence-electron chi connectivity index (χ4n) is 3.58. The predicted molar refractivity (Wildman–Crippen MR) is 117 cm³/mol. The summed E-state index contributed by atoms with van der Waals surface area (Å²) in [5.74, 6) is 0.0378. The van der Waals surface area contributed by atoms with Gasteiger partial charge < -0.3 is 10.0 Å². The van der Waals surface area contributed by atoms with Crippen LogP contribution in [0.2, 0.25) is 0 Å². The lowest BCUT2D eigenvalue weighted by atomic mass is 9.96. The number of hydrogen-bond donors (Lipinski definition) is 1. The number of alkyl halides is 3. The van der Waals surface area contributed by atoms with Crippen molar-refractivity contribution in [1.82, 2.24) is 14.5 Å². The summed E-state index contributed by atoms with van der Waals surface area (Å²) in [6, 6.07) is 7.06. The van der Waals surface area contributed by atoms with Gasteiger partial charge in [0.1, 0.15) is 16.5 Å². The van der Waals surface area contributed by atoms with Crippen LogP contribution in [0, 0.1) is 19.7 Å². The van der Waals surface area contributed by atoms with Crippen LogP contribution < -0.4 is 10.6 Å². The Labute approximate surface area is 190 Å². The SMILES string of the molecule is Cc1ccc(C2=CCN(c3nc(C)n(Cc4ccc(C(F)(F)F)s4)c(=O)n3)CC2O)cc1F. The van der Waals surface area contributed by atoms with E-state index < -0.39 is 22.8 Å². The quantitative estimate of drug-likeness (QED) is 0.576. The molecule has 33 heavy (non-hydrogen) atoms. The van der Waals surface area contributed by atoms with Gasteiger partial charge in [0.25, 0.3) is 0 Å². The number of hydrogen-bond acceptors (Lipinski definition) is 6. The largest absolute Gasteiger partial charge is 0.425 e. The summed E-state index contributed by atoms with van der Waals surface area (Å²) in [6.45, 7) is 3.55. The molecule has 3 heterocycles. The Morgan fingerprint density at radius 3 is 2.55 bits per heavy atom. The summed E-state index contributed by atoms with van der Waals surface area (Å²) < 4.78 is 53.6. The van der Waals surface area contributed by atoms with E-state index in [1.165, 1.54) is 16.7 Å². The van der Waals surface area contributed by atoms with Gasteiger partial charge in [-0.3, -0.25) is 4.57 Å². The molecule has 0 amide bonds. The predicted octanol–water partition coefficient (Wildman–Crippen LogP) is 3.79. The second-order valence-corrected chi connectivity index (χ2v) is 8.92. The molecule has 2 aromatic heterocycles. The van der Waals surface area contributed by atoms with Crippen LogP contribution in [0.15, 0.2) is 41.2 Å². The van der Waals surface area contributed by atoms with E-state index in [2.05, 4.69) is 9.97 Å². The fraction of sp³-hybridized carbons (Fsp3) is 0.318. The Kier molecular flexibility index (Phi) is 6.10. The summed E-state index contributed by atoms with van der Waals surface area (Å²) in [5.41, 5.74) is 1.01. The molecule has 1 aromatic carbocycles. The number of nitrogens with zero attached hydrogens (tertiary/aromatic N) is 4. The number of anilines is 1. The minimum Gasteiger partial charge on any atom is -0.387 e. The summed E-state index contributed by atoms with van der Waals surface area (Å²) in [7, 11) is 0. The van der Waals surface area contributed by atoms with E-state index in [9.17, 15) is 27.5 Å². The molecule has 1 atom stereocenters. The van der Waals surface area contributed by atoms with Gasteiger partial charge in [0.2, 0.25) is 5.95 Å². The zero-order chi connectivity index (χ0) is 23.9. The maximum Gasteiger partial charge on any atom is 0.425 e. The number of rotatable bonds is 4. The topological polar surface area (TPSA) is 71.2 Å². The van der Waals surface area contributed by atoms with Crippen molar-refractivity contribution < 1.29 is 22.7 Å². The number of halogens is 4. The molecule has 0 saturated carbocycles. The third kappa shape index (κ3) is 4.83. The summed E-state index contributed by atoms with van der Waals surface area (Å²) >= 11 is 0.566. The standard InChI is InChI=1S/C22H20F4N4O2S/c1-12-3-4-14(9-17(12)23)16-7-8-29(11-18(16)31)20-27-13(2)30(21(32)28-20)10-15-5-6-19(33-15)22(24,25)26/h3-7,9,18,31H,8,10-11H2,1-2H3. The lowest BCUT2D eigenvalue weighted by Crippen LogP contribution is -2.40. The normalized spacial score (nSPS) is 16.8. The molecule has 3 aromatic rings. The van der Waals surface area contributed by atoms with Crippen molar-refractivity contribution in [3.63, 3.8) is 0 Å². The number of aliphatic hydroxyl groups excluding tert-OH is 1. The monoisotopic (exact) mass is 480 g/mol. The molecule has 1 aliphatic rings. The molecule has 1 aliphatic heterocycles. The van der Waals surface area contributed by atoms with Crippen LogP contribution in [0.25, 0.3) is 5.57 Å². The highest BCUT2D eigenvalue weighted by Gasteiger charge is 2.32. The van der Waals surface area contributed by atoms with Gasteiger partial charge in [-0.2, -0.15) is 23.1 Å². The van der Waals surface area contributed by atoms with Crippen molar-refractivity contribution >= 4 is 22.9 Å². The summed E-state index contributed by atoms with van der Waals surface area (Å²) in [4.78, 5) is 22.1. The van der Waals surface area contributed by atoms with Gasteiger partial charge in [-0.15, -0.1) is 11.3 Å². The van der Waals surface area contributed by atoms with E-state index in [0.717, 1.165) is 6.07 Å². The number of aliphatic hydroxyl groups is 1. The molecular weight excluding hydrogens is 460 g/mol. The zero-order valence-electron chi connectivity index (χ0n) is 17.7. The van der Waals surface area contributed by atoms with Crippen molar-refractivity contribution in [2.24, 2.45) is 0 Å². The van der Waals surface area contributed by atoms with Crippen LogP contribution in [-0.2, 0) is 12.7 Å². The number of aromatic nitrogens is 3. The minimum atomic E-state index is -4.44. The lowest BCUT2D eigenvalue weighted by molar-refractivity contribution is -0.134. The summed E-state index contributed by atoms with van der Waals surface area (Å²) in [6.07, 6.45) is -3.65. The Balaban J connectivity index is 1.55. The molecule has 11 heteroatoms. The second kappa shape index (κ2) is 8.71. The van der Waals surface area contributed by atoms with Crippen LogP contribution in [-0.4, -0.2) is 38.8 Å². The maximum atomic E-state index is 13.9. The first-order valence-electron chi connectivity index (χ1n) is 10.0. The van der Waals surface area contributed by atoms with E-state index in [1.807, 2.05) is 0 Å². The fourth-order valence-corrected chi connectivity index (χ4v) is 4.45. The molecule has 174 valence electrons. The van der Waals surface area contributed by atoms with E-state index in [0.29, 0.717) is 39.5 Å². The van der Waals surface area contributed by atoms with E-state index >= 15 is 0 Å². The second-order valence-electron chi connectivity index (χ2n) is 7.75. The first-order valence-corrected chi connectivity index (χ1v) is 10.9. The molecule has 4 rings (SSSR count). The average Bonchev–Trinajstić information content (AvgIpc) is 3.22. The van der Waals surface area contributed by atoms with Gasteiger partial charge in [-0.1, -0.05) is 18.2 Å². The minimum absolute atomic E-state index is 0.0721. The average molecular weight is 480 g/mol. The number of thiophene rings is 1.